The molecule has 1 aliphatic rings. The number of allylic oxidation sites excluding steroid dienone is 1. The number of hydrogen-bond acceptors (Lipinski definition) is 3. The molecule has 0 saturated heterocycles. The maximum Gasteiger partial charge on any atom is 0.126 e. The zero-order valence-corrected chi connectivity index (χ0v) is 10.8. The van der Waals surface area contributed by atoms with E-state index in [2.05, 4.69) is 12.2 Å². The number of hydrogen-bond donors (Lipinski definition) is 2. The number of aliphatic hydroxyl groups is 1. The van der Waals surface area contributed by atoms with E-state index in [4.69, 9.17) is 15.3 Å². The zero-order chi connectivity index (χ0) is 12.8. The van der Waals surface area contributed by atoms with E-state index in [0.29, 0.717) is 12.3 Å². The molecule has 1 aromatic heterocycles. The van der Waals surface area contributed by atoms with E-state index in [1.165, 1.54) is 32.1 Å². The lowest BCUT2D eigenvalue weighted by atomic mass is 9.89. The second-order valence-electron chi connectivity index (χ2n) is 5.12. The van der Waals surface area contributed by atoms with Crippen molar-refractivity contribution in [1.82, 2.24) is 0 Å². The van der Waals surface area contributed by atoms with Gasteiger partial charge < -0.3 is 15.3 Å². The summed E-state index contributed by atoms with van der Waals surface area (Å²) in [4.78, 5) is 0. The van der Waals surface area contributed by atoms with Gasteiger partial charge >= 0.3 is 0 Å². The number of rotatable bonds is 5. The van der Waals surface area contributed by atoms with Crippen LogP contribution in [0.1, 0.15) is 56.1 Å². The van der Waals surface area contributed by atoms with Crippen LogP contribution < -0.4 is 5.73 Å². The van der Waals surface area contributed by atoms with E-state index >= 15 is 0 Å². The summed E-state index contributed by atoms with van der Waals surface area (Å²) in [5, 5.41) is 8.84. The molecule has 100 valence electrons. The fourth-order valence-electron chi connectivity index (χ4n) is 2.50. The van der Waals surface area contributed by atoms with Crippen molar-refractivity contribution >= 4 is 6.08 Å². The van der Waals surface area contributed by atoms with Gasteiger partial charge in [0.05, 0.1) is 6.04 Å². The van der Waals surface area contributed by atoms with Gasteiger partial charge in [0, 0.05) is 6.61 Å². The van der Waals surface area contributed by atoms with Crippen LogP contribution in [-0.4, -0.2) is 11.7 Å². The van der Waals surface area contributed by atoms with Crippen molar-refractivity contribution in [2.45, 2.75) is 44.6 Å². The molecule has 3 heteroatoms. The van der Waals surface area contributed by atoms with Crippen molar-refractivity contribution in [2.24, 2.45) is 11.7 Å². The van der Waals surface area contributed by atoms with Crippen LogP contribution in [0.2, 0.25) is 0 Å². The average Bonchev–Trinajstić information content (AvgIpc) is 2.87. The van der Waals surface area contributed by atoms with Crippen LogP contribution in [0.15, 0.2) is 22.6 Å². The first-order valence-electron chi connectivity index (χ1n) is 6.94. The molecule has 0 radical (unpaired) electrons. The van der Waals surface area contributed by atoms with E-state index in [1.807, 2.05) is 12.1 Å². The SMILES string of the molecule is NC(CCO)c1ccc(/C=C/C2CCCCC2)o1. The average molecular weight is 249 g/mol. The van der Waals surface area contributed by atoms with Gasteiger partial charge in [-0.05, 0) is 43.4 Å². The van der Waals surface area contributed by atoms with Crippen molar-refractivity contribution in [2.75, 3.05) is 6.61 Å². The highest BCUT2D eigenvalue weighted by Crippen LogP contribution is 2.26. The first-order chi connectivity index (χ1) is 8.79. The van der Waals surface area contributed by atoms with Crippen molar-refractivity contribution in [3.8, 4) is 0 Å². The molecular weight excluding hydrogens is 226 g/mol. The highest BCUT2D eigenvalue weighted by atomic mass is 16.3. The quantitative estimate of drug-likeness (QED) is 0.842. The second kappa shape index (κ2) is 6.76. The molecule has 0 aromatic carbocycles. The molecule has 1 atom stereocenters. The van der Waals surface area contributed by atoms with E-state index in [1.54, 1.807) is 0 Å². The maximum absolute atomic E-state index is 8.84. The predicted octanol–water partition coefficient (Wildman–Crippen LogP) is 3.26. The molecule has 1 aliphatic carbocycles. The van der Waals surface area contributed by atoms with Crippen LogP contribution >= 0.6 is 0 Å². The lowest BCUT2D eigenvalue weighted by Gasteiger charge is -2.17. The van der Waals surface area contributed by atoms with E-state index in [0.717, 1.165) is 11.5 Å². The maximum atomic E-state index is 8.84. The third kappa shape index (κ3) is 3.72. The number of aliphatic hydroxyl groups excluding tert-OH is 1. The van der Waals surface area contributed by atoms with Gasteiger partial charge in [-0.15, -0.1) is 0 Å². The van der Waals surface area contributed by atoms with Crippen molar-refractivity contribution in [1.29, 1.82) is 0 Å². The summed E-state index contributed by atoms with van der Waals surface area (Å²) in [6.45, 7) is 0.0924. The van der Waals surface area contributed by atoms with Gasteiger partial charge in [-0.1, -0.05) is 25.3 Å². The molecule has 3 nitrogen and oxygen atoms in total. The molecule has 1 fully saturated rings. The highest BCUT2D eigenvalue weighted by molar-refractivity contribution is 5.43. The summed E-state index contributed by atoms with van der Waals surface area (Å²) in [6.07, 6.45) is 11.5. The normalized spacial score (nSPS) is 19.4. The number of nitrogens with two attached hydrogens (primary N) is 1. The summed E-state index contributed by atoms with van der Waals surface area (Å²) in [7, 11) is 0. The van der Waals surface area contributed by atoms with Crippen molar-refractivity contribution in [3.05, 3.63) is 29.7 Å². The Morgan fingerprint density at radius 1 is 1.33 bits per heavy atom. The molecular formula is C15H23NO2. The lowest BCUT2D eigenvalue weighted by molar-refractivity contribution is 0.268. The predicted molar refractivity (Wildman–Crippen MR) is 72.9 cm³/mol. The van der Waals surface area contributed by atoms with Gasteiger partial charge in [-0.25, -0.2) is 0 Å². The Hall–Kier alpha value is -1.06. The fourth-order valence-corrected chi connectivity index (χ4v) is 2.50. The molecule has 0 aliphatic heterocycles. The van der Waals surface area contributed by atoms with Gasteiger partial charge in [-0.3, -0.25) is 0 Å². The molecule has 3 N–H and O–H groups in total. The minimum Gasteiger partial charge on any atom is -0.460 e. The molecule has 2 rings (SSSR count). The van der Waals surface area contributed by atoms with Crippen LogP contribution in [0.5, 0.6) is 0 Å². The zero-order valence-electron chi connectivity index (χ0n) is 10.8. The van der Waals surface area contributed by atoms with Crippen LogP contribution in [-0.2, 0) is 0 Å². The van der Waals surface area contributed by atoms with Gasteiger partial charge in [0.25, 0.3) is 0 Å². The summed E-state index contributed by atoms with van der Waals surface area (Å²) in [6, 6.07) is 3.65. The third-order valence-electron chi connectivity index (χ3n) is 3.64. The monoisotopic (exact) mass is 249 g/mol. The smallest absolute Gasteiger partial charge is 0.126 e. The minimum absolute atomic E-state index is 0.0924. The molecule has 0 amide bonds. The van der Waals surface area contributed by atoms with E-state index in [9.17, 15) is 0 Å². The van der Waals surface area contributed by atoms with E-state index in [-0.39, 0.29) is 12.6 Å². The Balaban J connectivity index is 1.91. The largest absolute Gasteiger partial charge is 0.460 e. The van der Waals surface area contributed by atoms with E-state index < -0.39 is 0 Å². The lowest BCUT2D eigenvalue weighted by Crippen LogP contribution is -2.10. The molecule has 1 heterocycles. The van der Waals surface area contributed by atoms with Crippen LogP contribution in [0.25, 0.3) is 6.08 Å². The highest BCUT2D eigenvalue weighted by Gasteiger charge is 2.11. The van der Waals surface area contributed by atoms with Gasteiger partial charge in [-0.2, -0.15) is 0 Å². The Bertz CT molecular complexity index is 378. The standard InChI is InChI=1S/C15H23NO2/c16-14(10-11-17)15-9-8-13(18-15)7-6-12-4-2-1-3-5-12/h6-9,12,14,17H,1-5,10-11,16H2/b7-6+. The second-order valence-corrected chi connectivity index (χ2v) is 5.12. The number of furan rings is 1. The molecule has 18 heavy (non-hydrogen) atoms. The first kappa shape index (κ1) is 13.4. The fraction of sp³-hybridized carbons (Fsp3) is 0.600. The van der Waals surface area contributed by atoms with Gasteiger partial charge in [0.1, 0.15) is 11.5 Å². The Morgan fingerprint density at radius 2 is 2.11 bits per heavy atom. The van der Waals surface area contributed by atoms with Crippen molar-refractivity contribution < 1.29 is 9.52 Å². The molecule has 1 aromatic rings. The molecule has 1 saturated carbocycles. The van der Waals surface area contributed by atoms with Crippen LogP contribution in [0, 0.1) is 5.92 Å². The summed E-state index contributed by atoms with van der Waals surface area (Å²) in [5.74, 6) is 2.33. The van der Waals surface area contributed by atoms with Crippen molar-refractivity contribution in [3.63, 3.8) is 0 Å². The summed E-state index contributed by atoms with van der Waals surface area (Å²) < 4.78 is 5.67. The van der Waals surface area contributed by atoms with Crippen LogP contribution in [0.3, 0.4) is 0 Å². The van der Waals surface area contributed by atoms with Gasteiger partial charge in [0.2, 0.25) is 0 Å². The van der Waals surface area contributed by atoms with Gasteiger partial charge in [0.15, 0.2) is 0 Å². The third-order valence-corrected chi connectivity index (χ3v) is 3.64. The topological polar surface area (TPSA) is 59.4 Å². The summed E-state index contributed by atoms with van der Waals surface area (Å²) >= 11 is 0. The summed E-state index contributed by atoms with van der Waals surface area (Å²) in [5.41, 5.74) is 5.88. The molecule has 0 bridgehead atoms. The molecule has 1 unspecified atom stereocenters. The molecule has 0 spiro atoms. The Labute approximate surface area is 109 Å². The minimum atomic E-state index is -0.202. The Kier molecular flexibility index (Phi) is 5.02. The Morgan fingerprint density at radius 3 is 2.83 bits per heavy atom. The first-order valence-corrected chi connectivity index (χ1v) is 6.94. The van der Waals surface area contributed by atoms with Crippen LogP contribution in [0.4, 0.5) is 0 Å².